The Kier molecular flexibility index (Phi) is 7.60. The van der Waals surface area contributed by atoms with Gasteiger partial charge in [0.15, 0.2) is 6.61 Å². The molecule has 1 saturated carbocycles. The number of Topliss-reactive ketones (excluding diaryl/α,β-unsaturated/α-hetero) is 1. The molecule has 0 saturated heterocycles. The fourth-order valence-corrected chi connectivity index (χ4v) is 3.43. The third-order valence-electron chi connectivity index (χ3n) is 4.94. The summed E-state index contributed by atoms with van der Waals surface area (Å²) in [5, 5.41) is 13.4. The average molecular weight is 394 g/mol. The molecule has 1 amide bonds. The first-order valence-electron chi connectivity index (χ1n) is 9.07. The van der Waals surface area contributed by atoms with Gasteiger partial charge in [-0.1, -0.05) is 19.1 Å². The lowest BCUT2D eigenvalue weighted by atomic mass is 9.88. The van der Waals surface area contributed by atoms with Crippen LogP contribution in [-0.2, 0) is 25.5 Å². The molecule has 1 aromatic rings. The fourth-order valence-electron chi connectivity index (χ4n) is 3.43. The Hall–Kier alpha value is -2.84. The number of hydrogen-bond donors (Lipinski definition) is 1. The van der Waals surface area contributed by atoms with Gasteiger partial charge in [-0.3, -0.25) is 24.5 Å². The van der Waals surface area contributed by atoms with Crippen LogP contribution in [0.3, 0.4) is 0 Å². The van der Waals surface area contributed by atoms with Gasteiger partial charge in [0.25, 0.3) is 5.91 Å². The van der Waals surface area contributed by atoms with Gasteiger partial charge in [-0.25, -0.2) is 4.39 Å². The minimum Gasteiger partial charge on any atom is -0.456 e. The van der Waals surface area contributed by atoms with E-state index in [9.17, 15) is 28.9 Å². The molecule has 0 bridgehead atoms. The monoisotopic (exact) mass is 394 g/mol. The van der Waals surface area contributed by atoms with Crippen molar-refractivity contribution >= 4 is 17.7 Å². The summed E-state index contributed by atoms with van der Waals surface area (Å²) in [6.45, 7) is 1.20. The molecular formula is C19H23FN2O6. The summed E-state index contributed by atoms with van der Waals surface area (Å²) in [7, 11) is 0. The van der Waals surface area contributed by atoms with Crippen molar-refractivity contribution in [3.63, 3.8) is 0 Å². The molecule has 152 valence electrons. The lowest BCUT2D eigenvalue weighted by molar-refractivity contribution is -0.490. The van der Waals surface area contributed by atoms with Crippen LogP contribution in [0.1, 0.15) is 25.3 Å². The molecule has 1 aromatic carbocycles. The van der Waals surface area contributed by atoms with Crippen molar-refractivity contribution < 1.29 is 28.4 Å². The Labute approximate surface area is 161 Å². The maximum Gasteiger partial charge on any atom is 0.307 e. The van der Waals surface area contributed by atoms with Crippen molar-refractivity contribution in [2.24, 2.45) is 17.8 Å². The third kappa shape index (κ3) is 6.40. The van der Waals surface area contributed by atoms with Gasteiger partial charge in [-0.05, 0) is 30.0 Å². The number of halogens is 1. The maximum atomic E-state index is 12.8. The minimum atomic E-state index is -0.741. The average Bonchev–Trinajstić information content (AvgIpc) is 2.88. The molecule has 28 heavy (non-hydrogen) atoms. The summed E-state index contributed by atoms with van der Waals surface area (Å²) in [6.07, 6.45) is 0.446. The van der Waals surface area contributed by atoms with Crippen molar-refractivity contribution in [1.29, 1.82) is 0 Å². The van der Waals surface area contributed by atoms with Gasteiger partial charge in [-0.15, -0.1) is 0 Å². The van der Waals surface area contributed by atoms with Crippen LogP contribution in [-0.4, -0.2) is 42.3 Å². The summed E-state index contributed by atoms with van der Waals surface area (Å²) in [4.78, 5) is 46.0. The molecule has 3 atom stereocenters. The van der Waals surface area contributed by atoms with E-state index in [2.05, 4.69) is 5.32 Å². The highest BCUT2D eigenvalue weighted by Gasteiger charge is 2.44. The molecule has 1 N–H and O–H groups in total. The van der Waals surface area contributed by atoms with E-state index in [1.807, 2.05) is 0 Å². The van der Waals surface area contributed by atoms with Gasteiger partial charge in [0.05, 0.1) is 6.42 Å². The lowest BCUT2D eigenvalue weighted by Gasteiger charge is -2.17. The van der Waals surface area contributed by atoms with E-state index in [1.165, 1.54) is 12.1 Å². The van der Waals surface area contributed by atoms with Crippen LogP contribution in [0, 0.1) is 33.7 Å². The summed E-state index contributed by atoms with van der Waals surface area (Å²) in [6, 6.07) is 5.89. The van der Waals surface area contributed by atoms with Crippen LogP contribution in [0.4, 0.5) is 4.39 Å². The second-order valence-corrected chi connectivity index (χ2v) is 7.02. The summed E-state index contributed by atoms with van der Waals surface area (Å²) in [5.74, 6) is -3.15. The van der Waals surface area contributed by atoms with Crippen molar-refractivity contribution in [1.82, 2.24) is 5.32 Å². The lowest BCUT2D eigenvalue weighted by Crippen LogP contribution is -2.32. The van der Waals surface area contributed by atoms with Gasteiger partial charge in [0.1, 0.15) is 11.6 Å². The van der Waals surface area contributed by atoms with E-state index in [1.54, 1.807) is 19.1 Å². The van der Waals surface area contributed by atoms with Crippen LogP contribution in [0.2, 0.25) is 0 Å². The summed E-state index contributed by atoms with van der Waals surface area (Å²) in [5.41, 5.74) is 0.851. The Balaban J connectivity index is 1.72. The number of amides is 1. The Morgan fingerprint density at radius 1 is 1.32 bits per heavy atom. The Morgan fingerprint density at radius 3 is 2.64 bits per heavy atom. The van der Waals surface area contributed by atoms with E-state index in [4.69, 9.17) is 4.74 Å². The third-order valence-corrected chi connectivity index (χ3v) is 4.94. The number of ether oxygens (including phenoxy) is 1. The SMILES string of the molecule is C[C@H]1CC(=O)[C@H](CC(=O)OCC(=O)NCCc2ccc(F)cc2)[C@@H]1C[N+](=O)[O-]. The maximum absolute atomic E-state index is 12.8. The molecule has 0 unspecified atom stereocenters. The number of benzene rings is 1. The van der Waals surface area contributed by atoms with Gasteiger partial charge in [-0.2, -0.15) is 0 Å². The fraction of sp³-hybridized carbons (Fsp3) is 0.526. The zero-order valence-electron chi connectivity index (χ0n) is 15.6. The number of carbonyl (C=O) groups excluding carboxylic acids is 3. The van der Waals surface area contributed by atoms with Crippen molar-refractivity contribution in [2.45, 2.75) is 26.2 Å². The number of esters is 1. The summed E-state index contributed by atoms with van der Waals surface area (Å²) >= 11 is 0. The first-order valence-corrected chi connectivity index (χ1v) is 9.07. The number of carbonyl (C=O) groups is 3. The van der Waals surface area contributed by atoms with E-state index in [0.29, 0.717) is 13.0 Å². The Bertz CT molecular complexity index is 736. The topological polar surface area (TPSA) is 116 Å². The van der Waals surface area contributed by atoms with Crippen molar-refractivity contribution in [3.05, 3.63) is 45.8 Å². The molecular weight excluding hydrogens is 371 g/mol. The van der Waals surface area contributed by atoms with Gasteiger partial charge in [0.2, 0.25) is 6.54 Å². The van der Waals surface area contributed by atoms with Crippen LogP contribution >= 0.6 is 0 Å². The van der Waals surface area contributed by atoms with Crippen molar-refractivity contribution in [2.75, 3.05) is 19.7 Å². The predicted molar refractivity (Wildman–Crippen MR) is 96.3 cm³/mol. The number of ketones is 1. The quantitative estimate of drug-likeness (QED) is 0.386. The zero-order chi connectivity index (χ0) is 20.7. The standard InChI is InChI=1S/C19H23FN2O6/c1-12-8-17(23)15(16(12)10-22(26)27)9-19(25)28-11-18(24)21-7-6-13-2-4-14(20)5-3-13/h2-5,12,15-16H,6-11H2,1H3,(H,21,24)/t12-,15+,16+/m0/s1. The highest BCUT2D eigenvalue weighted by atomic mass is 19.1. The van der Waals surface area contributed by atoms with E-state index >= 15 is 0 Å². The molecule has 0 aliphatic heterocycles. The molecule has 0 heterocycles. The molecule has 1 aliphatic carbocycles. The number of nitrogens with one attached hydrogen (secondary N) is 1. The molecule has 1 aliphatic rings. The van der Waals surface area contributed by atoms with Crippen LogP contribution in [0.5, 0.6) is 0 Å². The minimum absolute atomic E-state index is 0.162. The van der Waals surface area contributed by atoms with Crippen LogP contribution in [0.25, 0.3) is 0 Å². The van der Waals surface area contributed by atoms with Gasteiger partial charge >= 0.3 is 5.97 Å². The highest BCUT2D eigenvalue weighted by molar-refractivity contribution is 5.88. The largest absolute Gasteiger partial charge is 0.456 e. The number of rotatable bonds is 9. The second-order valence-electron chi connectivity index (χ2n) is 7.02. The normalized spacial score (nSPS) is 21.4. The molecule has 0 spiro atoms. The zero-order valence-corrected chi connectivity index (χ0v) is 15.6. The van der Waals surface area contributed by atoms with Crippen LogP contribution < -0.4 is 5.32 Å². The van der Waals surface area contributed by atoms with E-state index in [0.717, 1.165) is 5.56 Å². The van der Waals surface area contributed by atoms with Crippen LogP contribution in [0.15, 0.2) is 24.3 Å². The predicted octanol–water partition coefficient (Wildman–Crippen LogP) is 1.54. The highest BCUT2D eigenvalue weighted by Crippen LogP contribution is 2.36. The molecule has 2 rings (SSSR count). The number of nitrogens with zero attached hydrogens (tertiary/aromatic N) is 1. The number of hydrogen-bond acceptors (Lipinski definition) is 6. The smallest absolute Gasteiger partial charge is 0.307 e. The molecule has 8 nitrogen and oxygen atoms in total. The summed E-state index contributed by atoms with van der Waals surface area (Å²) < 4.78 is 17.7. The van der Waals surface area contributed by atoms with Gasteiger partial charge < -0.3 is 10.1 Å². The van der Waals surface area contributed by atoms with Gasteiger partial charge in [0, 0.05) is 29.7 Å². The Morgan fingerprint density at radius 2 is 2.00 bits per heavy atom. The van der Waals surface area contributed by atoms with Crippen molar-refractivity contribution in [3.8, 4) is 0 Å². The molecule has 9 heteroatoms. The van der Waals surface area contributed by atoms with E-state index < -0.39 is 35.2 Å². The van der Waals surface area contributed by atoms with E-state index in [-0.39, 0.29) is 36.9 Å². The molecule has 0 radical (unpaired) electrons. The first kappa shape index (κ1) is 21.5. The molecule has 0 aromatic heterocycles. The molecule has 1 fully saturated rings. The number of nitro groups is 1. The first-order chi connectivity index (χ1) is 13.3. The second kappa shape index (κ2) is 9.91.